The van der Waals surface area contributed by atoms with Gasteiger partial charge >= 0.3 is 0 Å². The van der Waals surface area contributed by atoms with Crippen molar-refractivity contribution in [1.29, 1.82) is 0 Å². The Kier molecular flexibility index (Phi) is 4.50. The van der Waals surface area contributed by atoms with Gasteiger partial charge in [-0.25, -0.2) is 8.42 Å². The summed E-state index contributed by atoms with van der Waals surface area (Å²) < 4.78 is 29.6. The minimum Gasteiger partial charge on any atom is -0.482 e. The van der Waals surface area contributed by atoms with E-state index in [1.165, 1.54) is 0 Å². The number of para-hydroxylation sites is 1. The second-order valence-electron chi connectivity index (χ2n) is 3.91. The van der Waals surface area contributed by atoms with Crippen LogP contribution in [0.25, 0.3) is 0 Å². The fraction of sp³-hybridized carbons (Fsp3) is 0.143. The average molecular weight is 294 g/mol. The van der Waals surface area contributed by atoms with Crippen LogP contribution in [0, 0.1) is 6.92 Å². The summed E-state index contributed by atoms with van der Waals surface area (Å²) in [5.74, 6) is 0.732. The van der Waals surface area contributed by atoms with Crippen LogP contribution < -0.4 is 4.74 Å². The lowest BCUT2D eigenvalue weighted by Crippen LogP contribution is -2.02. The minimum absolute atomic E-state index is 0.0701. The SMILES string of the molecule is Cc1ccccc1S(=O)(=O)SCOc1ccccc1. The number of benzene rings is 2. The standard InChI is InChI=1S/C14H14O3S2/c1-12-7-5-6-10-14(12)19(15,16)18-11-17-13-8-3-2-4-9-13/h2-10H,11H2,1H3. The highest BCUT2D eigenvalue weighted by Crippen LogP contribution is 2.26. The van der Waals surface area contributed by atoms with Crippen molar-refractivity contribution < 1.29 is 13.2 Å². The molecule has 0 heterocycles. The van der Waals surface area contributed by atoms with Crippen molar-refractivity contribution in [3.05, 3.63) is 60.2 Å². The predicted molar refractivity (Wildman–Crippen MR) is 77.9 cm³/mol. The maximum Gasteiger partial charge on any atom is 0.233 e. The summed E-state index contributed by atoms with van der Waals surface area (Å²) in [7, 11) is -2.58. The van der Waals surface area contributed by atoms with Crippen LogP contribution in [0.1, 0.15) is 5.56 Å². The molecule has 0 amide bonds. The van der Waals surface area contributed by atoms with Gasteiger partial charge in [0.1, 0.15) is 11.7 Å². The third kappa shape index (κ3) is 3.75. The van der Waals surface area contributed by atoms with Gasteiger partial charge in [-0.3, -0.25) is 0 Å². The van der Waals surface area contributed by atoms with Gasteiger partial charge in [-0.1, -0.05) is 36.4 Å². The van der Waals surface area contributed by atoms with E-state index < -0.39 is 8.87 Å². The summed E-state index contributed by atoms with van der Waals surface area (Å²) in [6, 6.07) is 16.1. The van der Waals surface area contributed by atoms with Gasteiger partial charge in [0.15, 0.2) is 0 Å². The predicted octanol–water partition coefficient (Wildman–Crippen LogP) is 3.45. The molecule has 100 valence electrons. The topological polar surface area (TPSA) is 43.4 Å². The van der Waals surface area contributed by atoms with Crippen molar-refractivity contribution in [3.63, 3.8) is 0 Å². The van der Waals surface area contributed by atoms with E-state index in [9.17, 15) is 8.42 Å². The molecule has 2 aromatic rings. The fourth-order valence-corrected chi connectivity index (χ4v) is 4.18. The second-order valence-corrected chi connectivity index (χ2v) is 7.76. The molecule has 2 rings (SSSR count). The van der Waals surface area contributed by atoms with Gasteiger partial charge in [-0.2, -0.15) is 0 Å². The average Bonchev–Trinajstić information content (AvgIpc) is 2.40. The lowest BCUT2D eigenvalue weighted by Gasteiger charge is -2.08. The molecule has 0 aliphatic rings. The first-order chi connectivity index (χ1) is 9.09. The Morgan fingerprint density at radius 3 is 2.32 bits per heavy atom. The summed E-state index contributed by atoms with van der Waals surface area (Å²) in [5.41, 5.74) is 0.745. The van der Waals surface area contributed by atoms with Crippen molar-refractivity contribution in [2.75, 3.05) is 5.94 Å². The molecule has 0 fully saturated rings. The highest BCUT2D eigenvalue weighted by Gasteiger charge is 2.17. The van der Waals surface area contributed by atoms with Crippen LogP contribution >= 0.6 is 10.8 Å². The smallest absolute Gasteiger partial charge is 0.233 e. The van der Waals surface area contributed by atoms with E-state index >= 15 is 0 Å². The van der Waals surface area contributed by atoms with Crippen LogP contribution in [-0.2, 0) is 8.87 Å². The third-order valence-electron chi connectivity index (χ3n) is 2.53. The highest BCUT2D eigenvalue weighted by atomic mass is 33.1. The Morgan fingerprint density at radius 2 is 1.63 bits per heavy atom. The van der Waals surface area contributed by atoms with Gasteiger partial charge in [-0.05, 0) is 30.7 Å². The molecule has 19 heavy (non-hydrogen) atoms. The Morgan fingerprint density at radius 1 is 1.00 bits per heavy atom. The summed E-state index contributed by atoms with van der Waals surface area (Å²) in [5, 5.41) is 0. The maximum atomic E-state index is 12.1. The van der Waals surface area contributed by atoms with Crippen molar-refractivity contribution >= 4 is 19.7 Å². The zero-order chi connectivity index (χ0) is 13.7. The van der Waals surface area contributed by atoms with Crippen molar-refractivity contribution in [2.45, 2.75) is 11.8 Å². The molecule has 0 saturated heterocycles. The van der Waals surface area contributed by atoms with Gasteiger partial charge in [-0.15, -0.1) is 0 Å². The fourth-order valence-electron chi connectivity index (χ4n) is 1.57. The van der Waals surface area contributed by atoms with E-state index in [0.29, 0.717) is 10.6 Å². The van der Waals surface area contributed by atoms with Crippen molar-refractivity contribution in [3.8, 4) is 5.75 Å². The molecule has 0 aliphatic carbocycles. The molecular weight excluding hydrogens is 280 g/mol. The second kappa shape index (κ2) is 6.12. The number of hydrogen-bond donors (Lipinski definition) is 0. The molecule has 0 N–H and O–H groups in total. The van der Waals surface area contributed by atoms with E-state index in [0.717, 1.165) is 16.4 Å². The van der Waals surface area contributed by atoms with Crippen molar-refractivity contribution in [2.24, 2.45) is 0 Å². The molecule has 0 bridgehead atoms. The van der Waals surface area contributed by atoms with Gasteiger partial charge in [0, 0.05) is 10.8 Å². The first-order valence-corrected chi connectivity index (χ1v) is 8.71. The van der Waals surface area contributed by atoms with Gasteiger partial charge in [0.05, 0.1) is 4.90 Å². The van der Waals surface area contributed by atoms with E-state index in [4.69, 9.17) is 4.74 Å². The van der Waals surface area contributed by atoms with E-state index in [-0.39, 0.29) is 5.94 Å². The molecule has 0 spiro atoms. The molecule has 0 radical (unpaired) electrons. The summed E-state index contributed by atoms with van der Waals surface area (Å²) in [4.78, 5) is 0.344. The number of rotatable bonds is 5. The monoisotopic (exact) mass is 294 g/mol. The van der Waals surface area contributed by atoms with Gasteiger partial charge in [0.25, 0.3) is 0 Å². The summed E-state index contributed by atoms with van der Waals surface area (Å²) >= 11 is 0. The molecule has 2 aromatic carbocycles. The maximum absolute atomic E-state index is 12.1. The van der Waals surface area contributed by atoms with E-state index in [2.05, 4.69) is 0 Å². The molecule has 0 aliphatic heterocycles. The highest BCUT2D eigenvalue weighted by molar-refractivity contribution is 8.72. The van der Waals surface area contributed by atoms with Crippen LogP contribution in [0.5, 0.6) is 5.75 Å². The first kappa shape index (κ1) is 14.0. The molecule has 0 aromatic heterocycles. The molecule has 0 unspecified atom stereocenters. The van der Waals surface area contributed by atoms with Crippen LogP contribution in [-0.4, -0.2) is 14.4 Å². The molecule has 5 heteroatoms. The Bertz CT molecular complexity index is 637. The molecule has 0 saturated carbocycles. The number of aryl methyl sites for hydroxylation is 1. The lowest BCUT2D eigenvalue weighted by molar-refractivity contribution is 0.394. The number of ether oxygens (including phenoxy) is 1. The van der Waals surface area contributed by atoms with Crippen LogP contribution in [0.3, 0.4) is 0 Å². The summed E-state index contributed by atoms with van der Waals surface area (Å²) in [6.07, 6.45) is 0. The van der Waals surface area contributed by atoms with Crippen LogP contribution in [0.4, 0.5) is 0 Å². The molecule has 3 nitrogen and oxygen atoms in total. The van der Waals surface area contributed by atoms with Crippen LogP contribution in [0.15, 0.2) is 59.5 Å². The minimum atomic E-state index is -3.37. The molecule has 0 atom stereocenters. The van der Waals surface area contributed by atoms with Crippen molar-refractivity contribution in [1.82, 2.24) is 0 Å². The van der Waals surface area contributed by atoms with Crippen LogP contribution in [0.2, 0.25) is 0 Å². The number of hydrogen-bond acceptors (Lipinski definition) is 4. The normalized spacial score (nSPS) is 11.2. The Labute approximate surface area is 116 Å². The largest absolute Gasteiger partial charge is 0.482 e. The Hall–Kier alpha value is -1.46. The third-order valence-corrected chi connectivity index (χ3v) is 5.81. The zero-order valence-corrected chi connectivity index (χ0v) is 12.1. The van der Waals surface area contributed by atoms with Gasteiger partial charge < -0.3 is 4.74 Å². The summed E-state index contributed by atoms with van der Waals surface area (Å²) in [6.45, 7) is 1.78. The molecular formula is C14H14O3S2. The zero-order valence-electron chi connectivity index (χ0n) is 10.4. The van der Waals surface area contributed by atoms with E-state index in [1.807, 2.05) is 24.3 Å². The van der Waals surface area contributed by atoms with Gasteiger partial charge in [0.2, 0.25) is 8.87 Å². The van der Waals surface area contributed by atoms with E-state index in [1.54, 1.807) is 37.3 Å². The quantitative estimate of drug-likeness (QED) is 0.626. The lowest BCUT2D eigenvalue weighted by atomic mass is 10.2. The first-order valence-electron chi connectivity index (χ1n) is 5.72. The Balaban J connectivity index is 2.01.